The summed E-state index contributed by atoms with van der Waals surface area (Å²) in [7, 11) is 0. The van der Waals surface area contributed by atoms with Crippen LogP contribution in [-0.2, 0) is 4.74 Å². The molecule has 0 radical (unpaired) electrons. The van der Waals surface area contributed by atoms with Gasteiger partial charge in [0, 0.05) is 12.6 Å². The second-order valence-electron chi connectivity index (χ2n) is 4.32. The first-order valence-corrected chi connectivity index (χ1v) is 5.09. The van der Waals surface area contributed by atoms with E-state index in [9.17, 15) is 9.18 Å². The summed E-state index contributed by atoms with van der Waals surface area (Å²) in [6, 6.07) is 1.45. The highest BCUT2D eigenvalue weighted by atomic mass is 19.1. The number of rotatable bonds is 1. The molecule has 5 nitrogen and oxygen atoms in total. The van der Waals surface area contributed by atoms with E-state index >= 15 is 0 Å². The van der Waals surface area contributed by atoms with Gasteiger partial charge in [-0.2, -0.15) is 4.98 Å². The minimum Gasteiger partial charge on any atom is -0.383 e. The number of nitrogens with two attached hydrogens (primary N) is 1. The van der Waals surface area contributed by atoms with Gasteiger partial charge in [0.15, 0.2) is 11.9 Å². The molecule has 2 heterocycles. The monoisotopic (exact) mass is 227 g/mol. The van der Waals surface area contributed by atoms with Crippen molar-refractivity contribution in [3.05, 3.63) is 22.7 Å². The second-order valence-corrected chi connectivity index (χ2v) is 4.32. The van der Waals surface area contributed by atoms with Gasteiger partial charge in [-0.3, -0.25) is 4.57 Å². The van der Waals surface area contributed by atoms with Crippen molar-refractivity contribution in [1.82, 2.24) is 9.55 Å². The molecule has 0 aliphatic carbocycles. The number of anilines is 1. The summed E-state index contributed by atoms with van der Waals surface area (Å²) in [5.41, 5.74) is 3.20. The van der Waals surface area contributed by atoms with Gasteiger partial charge in [0.05, 0.1) is 6.10 Å². The van der Waals surface area contributed by atoms with E-state index in [1.54, 1.807) is 6.92 Å². The number of nitrogen functional groups attached to an aromatic ring is 1. The summed E-state index contributed by atoms with van der Waals surface area (Å²) in [6.07, 6.45) is 0.521. The highest BCUT2D eigenvalue weighted by molar-refractivity contribution is 5.23. The molecule has 16 heavy (non-hydrogen) atoms. The van der Waals surface area contributed by atoms with Crippen molar-refractivity contribution in [1.29, 1.82) is 0 Å². The van der Waals surface area contributed by atoms with Crippen LogP contribution in [0, 0.1) is 0 Å². The molecule has 0 amide bonds. The summed E-state index contributed by atoms with van der Waals surface area (Å²) >= 11 is 0. The van der Waals surface area contributed by atoms with E-state index in [0.717, 1.165) is 4.57 Å². The zero-order valence-electron chi connectivity index (χ0n) is 9.18. The van der Waals surface area contributed by atoms with Crippen molar-refractivity contribution in [2.45, 2.75) is 38.3 Å². The first-order valence-electron chi connectivity index (χ1n) is 5.09. The van der Waals surface area contributed by atoms with Crippen molar-refractivity contribution in [3.63, 3.8) is 0 Å². The van der Waals surface area contributed by atoms with Crippen LogP contribution in [0.5, 0.6) is 0 Å². The first-order chi connectivity index (χ1) is 7.40. The largest absolute Gasteiger partial charge is 0.383 e. The summed E-state index contributed by atoms with van der Waals surface area (Å²) < 4.78 is 20.7. The Bertz CT molecular complexity index is 458. The topological polar surface area (TPSA) is 70.1 Å². The molecule has 0 bridgehead atoms. The maximum Gasteiger partial charge on any atom is 0.351 e. The van der Waals surface area contributed by atoms with Crippen molar-refractivity contribution < 1.29 is 9.13 Å². The maximum atomic E-state index is 14.1. The molecule has 3 atom stereocenters. The molecule has 88 valence electrons. The minimum atomic E-state index is -1.57. The van der Waals surface area contributed by atoms with Crippen molar-refractivity contribution >= 4 is 5.82 Å². The van der Waals surface area contributed by atoms with Crippen LogP contribution in [0.4, 0.5) is 10.2 Å². The van der Waals surface area contributed by atoms with Gasteiger partial charge in [-0.25, -0.2) is 9.18 Å². The van der Waals surface area contributed by atoms with Crippen LogP contribution in [-0.4, -0.2) is 21.3 Å². The molecule has 0 aromatic carbocycles. The molecule has 0 spiro atoms. The summed E-state index contributed by atoms with van der Waals surface area (Å²) in [5.74, 6) is 0.118. The third kappa shape index (κ3) is 1.80. The van der Waals surface area contributed by atoms with Gasteiger partial charge >= 0.3 is 5.69 Å². The third-order valence-electron chi connectivity index (χ3n) is 2.67. The molecule has 2 N–H and O–H groups in total. The summed E-state index contributed by atoms with van der Waals surface area (Å²) in [5, 5.41) is 0. The SMILES string of the molecule is C[C@@H]1C[C@@](C)(F)[C@H](n2ccc(N)nc2=O)O1. The lowest BCUT2D eigenvalue weighted by atomic mass is 10.0. The van der Waals surface area contributed by atoms with Gasteiger partial charge in [-0.1, -0.05) is 0 Å². The summed E-state index contributed by atoms with van der Waals surface area (Å²) in [4.78, 5) is 15.1. The Labute approximate surface area is 92.0 Å². The average molecular weight is 227 g/mol. The van der Waals surface area contributed by atoms with Gasteiger partial charge in [-0.15, -0.1) is 0 Å². The van der Waals surface area contributed by atoms with Crippen LogP contribution in [0.15, 0.2) is 17.1 Å². The van der Waals surface area contributed by atoms with E-state index in [0.29, 0.717) is 0 Å². The Balaban J connectivity index is 2.41. The molecule has 1 aliphatic rings. The number of halogens is 1. The van der Waals surface area contributed by atoms with Crippen LogP contribution >= 0.6 is 0 Å². The lowest BCUT2D eigenvalue weighted by molar-refractivity contribution is -0.0448. The molecule has 0 unspecified atom stereocenters. The van der Waals surface area contributed by atoms with Gasteiger partial charge in [0.2, 0.25) is 0 Å². The van der Waals surface area contributed by atoms with Crippen LogP contribution in [0.25, 0.3) is 0 Å². The number of hydrogen-bond acceptors (Lipinski definition) is 4. The van der Waals surface area contributed by atoms with Gasteiger partial charge < -0.3 is 10.5 Å². The van der Waals surface area contributed by atoms with Crippen LogP contribution in [0.3, 0.4) is 0 Å². The third-order valence-corrected chi connectivity index (χ3v) is 2.67. The molecular weight excluding hydrogens is 213 g/mol. The van der Waals surface area contributed by atoms with E-state index in [1.807, 2.05) is 0 Å². The number of ether oxygens (including phenoxy) is 1. The normalized spacial score (nSPS) is 34.2. The Hall–Kier alpha value is -1.43. The second kappa shape index (κ2) is 3.55. The average Bonchev–Trinajstić information content (AvgIpc) is 2.39. The summed E-state index contributed by atoms with van der Waals surface area (Å²) in [6.45, 7) is 3.19. The Morgan fingerprint density at radius 3 is 2.94 bits per heavy atom. The molecule has 0 saturated carbocycles. The molecule has 1 saturated heterocycles. The van der Waals surface area contributed by atoms with Crippen LogP contribution in [0.1, 0.15) is 26.5 Å². The van der Waals surface area contributed by atoms with Crippen LogP contribution < -0.4 is 11.4 Å². The van der Waals surface area contributed by atoms with Crippen molar-refractivity contribution in [2.75, 3.05) is 5.73 Å². The Kier molecular flexibility index (Phi) is 2.46. The number of nitrogens with zero attached hydrogens (tertiary/aromatic N) is 2. The van der Waals surface area contributed by atoms with E-state index in [4.69, 9.17) is 10.5 Å². The van der Waals surface area contributed by atoms with E-state index in [-0.39, 0.29) is 18.3 Å². The fourth-order valence-corrected chi connectivity index (χ4v) is 2.03. The Morgan fingerprint density at radius 2 is 2.44 bits per heavy atom. The smallest absolute Gasteiger partial charge is 0.351 e. The first kappa shape index (κ1) is 11.1. The number of alkyl halides is 1. The zero-order valence-corrected chi connectivity index (χ0v) is 9.18. The van der Waals surface area contributed by atoms with Gasteiger partial charge in [0.1, 0.15) is 5.82 Å². The number of aromatic nitrogens is 2. The molecule has 1 fully saturated rings. The number of hydrogen-bond donors (Lipinski definition) is 1. The van der Waals surface area contributed by atoms with Crippen molar-refractivity contribution in [2.24, 2.45) is 0 Å². The highest BCUT2D eigenvalue weighted by Gasteiger charge is 2.45. The lowest BCUT2D eigenvalue weighted by Crippen LogP contribution is -2.35. The fourth-order valence-electron chi connectivity index (χ4n) is 2.03. The predicted octanol–water partition coefficient (Wildman–Crippen LogP) is 0.861. The quantitative estimate of drug-likeness (QED) is 0.772. The molecule has 1 aromatic rings. The van der Waals surface area contributed by atoms with E-state index < -0.39 is 17.6 Å². The predicted molar refractivity (Wildman–Crippen MR) is 56.6 cm³/mol. The molecule has 2 rings (SSSR count). The molecular formula is C10H14FN3O2. The lowest BCUT2D eigenvalue weighted by Gasteiger charge is -2.22. The van der Waals surface area contributed by atoms with Crippen LogP contribution in [0.2, 0.25) is 0 Å². The molecule has 1 aromatic heterocycles. The maximum absolute atomic E-state index is 14.1. The van der Waals surface area contributed by atoms with E-state index in [2.05, 4.69) is 4.98 Å². The van der Waals surface area contributed by atoms with Crippen molar-refractivity contribution in [3.8, 4) is 0 Å². The Morgan fingerprint density at radius 1 is 1.75 bits per heavy atom. The minimum absolute atomic E-state index is 0.118. The molecule has 6 heteroatoms. The highest BCUT2D eigenvalue weighted by Crippen LogP contribution is 2.39. The molecule has 1 aliphatic heterocycles. The van der Waals surface area contributed by atoms with Gasteiger partial charge in [0.25, 0.3) is 0 Å². The standard InChI is InChI=1S/C10H14FN3O2/c1-6-5-10(2,11)8(16-6)14-4-3-7(12)13-9(14)15/h3-4,6,8H,5H2,1-2H3,(H2,12,13,15)/t6-,8-,10-/m1/s1. The van der Waals surface area contributed by atoms with E-state index in [1.165, 1.54) is 19.2 Å². The fraction of sp³-hybridized carbons (Fsp3) is 0.600. The van der Waals surface area contributed by atoms with Gasteiger partial charge in [-0.05, 0) is 19.9 Å². The zero-order chi connectivity index (χ0) is 11.9.